The summed E-state index contributed by atoms with van der Waals surface area (Å²) in [6.07, 6.45) is 0.652. The third kappa shape index (κ3) is 6.35. The lowest BCUT2D eigenvalue weighted by molar-refractivity contribution is -0.142. The fourth-order valence-electron chi connectivity index (χ4n) is 4.27. The summed E-state index contributed by atoms with van der Waals surface area (Å²) >= 11 is 0. The molecule has 1 aliphatic carbocycles. The number of carboxylic acids is 1. The molecule has 2 unspecified atom stereocenters. The highest BCUT2D eigenvalue weighted by Gasteiger charge is 2.29. The minimum atomic E-state index is -1.10. The lowest BCUT2D eigenvalue weighted by Crippen LogP contribution is -2.44. The zero-order valence-electron chi connectivity index (χ0n) is 19.6. The van der Waals surface area contributed by atoms with E-state index in [2.05, 4.69) is 22.8 Å². The van der Waals surface area contributed by atoms with Crippen LogP contribution in [0.15, 0.2) is 48.5 Å². The number of aliphatic carboxylic acids is 1. The van der Waals surface area contributed by atoms with Crippen LogP contribution in [0.4, 0.5) is 4.79 Å². The van der Waals surface area contributed by atoms with Crippen LogP contribution >= 0.6 is 0 Å². The maximum absolute atomic E-state index is 12.5. The molecule has 182 valence electrons. The van der Waals surface area contributed by atoms with Gasteiger partial charge in [-0.1, -0.05) is 55.5 Å². The number of carbonyl (C=O) groups is 3. The molecule has 3 rings (SSSR count). The van der Waals surface area contributed by atoms with Crippen molar-refractivity contribution in [2.45, 2.75) is 50.6 Å². The Balaban J connectivity index is 1.53. The van der Waals surface area contributed by atoms with Crippen LogP contribution < -0.4 is 10.6 Å². The van der Waals surface area contributed by atoms with Crippen LogP contribution in [0.5, 0.6) is 0 Å². The van der Waals surface area contributed by atoms with Crippen LogP contribution in [0.1, 0.15) is 49.7 Å². The maximum atomic E-state index is 12.5. The highest BCUT2D eigenvalue weighted by atomic mass is 16.5. The lowest BCUT2D eigenvalue weighted by atomic mass is 9.98. The molecule has 0 saturated heterocycles. The van der Waals surface area contributed by atoms with E-state index in [1.807, 2.05) is 43.3 Å². The molecule has 0 heterocycles. The zero-order chi connectivity index (χ0) is 24.5. The summed E-state index contributed by atoms with van der Waals surface area (Å²) in [6, 6.07) is 14.7. The third-order valence-corrected chi connectivity index (χ3v) is 6.06. The van der Waals surface area contributed by atoms with Gasteiger partial charge in [0.05, 0.1) is 0 Å². The maximum Gasteiger partial charge on any atom is 0.407 e. The first-order chi connectivity index (χ1) is 16.4. The molecule has 2 amide bonds. The average molecular weight is 469 g/mol. The molecular formula is C26H32N2O6. The van der Waals surface area contributed by atoms with Crippen LogP contribution in [0.3, 0.4) is 0 Å². The van der Waals surface area contributed by atoms with Crippen LogP contribution in [0.25, 0.3) is 11.1 Å². The molecule has 8 heteroatoms. The van der Waals surface area contributed by atoms with Gasteiger partial charge in [-0.25, -0.2) is 9.59 Å². The van der Waals surface area contributed by atoms with E-state index >= 15 is 0 Å². The van der Waals surface area contributed by atoms with Gasteiger partial charge in [-0.05, 0) is 41.5 Å². The Morgan fingerprint density at radius 1 is 1.00 bits per heavy atom. The van der Waals surface area contributed by atoms with E-state index in [9.17, 15) is 19.5 Å². The van der Waals surface area contributed by atoms with Gasteiger partial charge in [0.15, 0.2) is 0 Å². The third-order valence-electron chi connectivity index (χ3n) is 6.06. The van der Waals surface area contributed by atoms with Crippen LogP contribution in [-0.4, -0.2) is 55.5 Å². The molecular weight excluding hydrogens is 436 g/mol. The second kappa shape index (κ2) is 12.2. The Kier molecular flexibility index (Phi) is 9.04. The number of carbonyl (C=O) groups excluding carboxylic acids is 2. The van der Waals surface area contributed by atoms with Crippen molar-refractivity contribution in [3.8, 4) is 11.1 Å². The topological polar surface area (TPSA) is 114 Å². The zero-order valence-corrected chi connectivity index (χ0v) is 19.6. The van der Waals surface area contributed by atoms with Gasteiger partial charge in [0.2, 0.25) is 5.91 Å². The number of methoxy groups -OCH3 is 1. The molecule has 0 spiro atoms. The van der Waals surface area contributed by atoms with Crippen molar-refractivity contribution in [3.05, 3.63) is 59.7 Å². The molecule has 8 nitrogen and oxygen atoms in total. The number of benzene rings is 2. The summed E-state index contributed by atoms with van der Waals surface area (Å²) in [5, 5.41) is 14.6. The monoisotopic (exact) mass is 468 g/mol. The van der Waals surface area contributed by atoms with Gasteiger partial charge < -0.3 is 25.2 Å². The van der Waals surface area contributed by atoms with Gasteiger partial charge in [-0.2, -0.15) is 0 Å². The molecule has 2 atom stereocenters. The molecule has 0 bridgehead atoms. The fourth-order valence-corrected chi connectivity index (χ4v) is 4.27. The number of amides is 2. The van der Waals surface area contributed by atoms with Gasteiger partial charge in [0.1, 0.15) is 12.6 Å². The van der Waals surface area contributed by atoms with E-state index in [0.29, 0.717) is 19.4 Å². The van der Waals surface area contributed by atoms with Crippen molar-refractivity contribution in [2.75, 3.05) is 20.3 Å². The minimum absolute atomic E-state index is 0.0330. The Bertz CT molecular complexity index is 963. The fraction of sp³-hybridized carbons (Fsp3) is 0.423. The molecule has 0 fully saturated rings. The predicted octanol–water partition coefficient (Wildman–Crippen LogP) is 3.69. The normalized spacial score (nSPS) is 13.9. The Morgan fingerprint density at radius 2 is 1.62 bits per heavy atom. The highest BCUT2D eigenvalue weighted by molar-refractivity contribution is 5.84. The second-order valence-electron chi connectivity index (χ2n) is 8.37. The standard InChI is InChI=1S/C26H32N2O6/c1-3-17(15-24(29)28-23(25(30)31)13-8-14-33-2)27-26(32)34-16-22-20-11-6-4-9-18(20)19-10-5-7-12-21(19)22/h4-7,9-12,17,22-23H,3,8,13-16H2,1-2H3,(H,27,32)(H,28,29)(H,30,31). The number of carboxylic acid groups (broad SMARTS) is 1. The number of hydrogen-bond acceptors (Lipinski definition) is 5. The van der Waals surface area contributed by atoms with Crippen molar-refractivity contribution >= 4 is 18.0 Å². The van der Waals surface area contributed by atoms with Gasteiger partial charge in [-0.15, -0.1) is 0 Å². The van der Waals surface area contributed by atoms with Gasteiger partial charge >= 0.3 is 12.1 Å². The van der Waals surface area contributed by atoms with Crippen LogP contribution in [-0.2, 0) is 19.1 Å². The first-order valence-electron chi connectivity index (χ1n) is 11.6. The molecule has 3 N–H and O–H groups in total. The van der Waals surface area contributed by atoms with E-state index in [1.54, 1.807) is 0 Å². The summed E-state index contributed by atoms with van der Waals surface area (Å²) in [5.74, 6) is -1.58. The second-order valence-corrected chi connectivity index (χ2v) is 8.37. The summed E-state index contributed by atoms with van der Waals surface area (Å²) < 4.78 is 10.5. The van der Waals surface area contributed by atoms with Crippen molar-refractivity contribution in [1.82, 2.24) is 10.6 Å². The van der Waals surface area contributed by atoms with E-state index in [1.165, 1.54) is 7.11 Å². The number of rotatable bonds is 12. The number of hydrogen-bond donors (Lipinski definition) is 3. The number of ether oxygens (including phenoxy) is 2. The van der Waals surface area contributed by atoms with Crippen molar-refractivity contribution in [3.63, 3.8) is 0 Å². The molecule has 0 aliphatic heterocycles. The highest BCUT2D eigenvalue weighted by Crippen LogP contribution is 2.44. The lowest BCUT2D eigenvalue weighted by Gasteiger charge is -2.20. The van der Waals surface area contributed by atoms with Crippen molar-refractivity contribution in [2.24, 2.45) is 0 Å². The van der Waals surface area contributed by atoms with Gasteiger partial charge in [0.25, 0.3) is 0 Å². The molecule has 0 radical (unpaired) electrons. The van der Waals surface area contributed by atoms with Crippen LogP contribution in [0.2, 0.25) is 0 Å². The summed E-state index contributed by atoms with van der Waals surface area (Å²) in [7, 11) is 1.54. The summed E-state index contributed by atoms with van der Waals surface area (Å²) in [5.41, 5.74) is 4.54. The summed E-state index contributed by atoms with van der Waals surface area (Å²) in [4.78, 5) is 36.3. The van der Waals surface area contributed by atoms with Crippen molar-refractivity contribution < 1.29 is 29.0 Å². The van der Waals surface area contributed by atoms with Gasteiger partial charge in [0, 0.05) is 32.1 Å². The van der Waals surface area contributed by atoms with Gasteiger partial charge in [-0.3, -0.25) is 4.79 Å². The predicted molar refractivity (Wildman–Crippen MR) is 128 cm³/mol. The molecule has 1 aliphatic rings. The smallest absolute Gasteiger partial charge is 0.407 e. The quantitative estimate of drug-likeness (QED) is 0.410. The summed E-state index contributed by atoms with van der Waals surface area (Å²) in [6.45, 7) is 2.44. The van der Waals surface area contributed by atoms with E-state index in [-0.39, 0.29) is 25.4 Å². The Labute approximate surface area is 199 Å². The molecule has 2 aromatic carbocycles. The average Bonchev–Trinajstić information content (AvgIpc) is 3.15. The molecule has 2 aromatic rings. The van der Waals surface area contributed by atoms with E-state index < -0.39 is 30.1 Å². The number of nitrogens with one attached hydrogen (secondary N) is 2. The number of alkyl carbamates (subject to hydrolysis) is 1. The largest absolute Gasteiger partial charge is 0.480 e. The van der Waals surface area contributed by atoms with E-state index in [4.69, 9.17) is 9.47 Å². The van der Waals surface area contributed by atoms with E-state index in [0.717, 1.165) is 22.3 Å². The Hall–Kier alpha value is -3.39. The first-order valence-corrected chi connectivity index (χ1v) is 11.6. The minimum Gasteiger partial charge on any atom is -0.480 e. The van der Waals surface area contributed by atoms with Crippen LogP contribution in [0, 0.1) is 0 Å². The Morgan fingerprint density at radius 3 is 2.18 bits per heavy atom. The SMILES string of the molecule is CCC(CC(=O)NC(CCCOC)C(=O)O)NC(=O)OCC1c2ccccc2-c2ccccc21. The number of fused-ring (bicyclic) bond motifs is 3. The first kappa shape index (κ1) is 25.2. The molecule has 0 saturated carbocycles. The van der Waals surface area contributed by atoms with Crippen molar-refractivity contribution in [1.29, 1.82) is 0 Å². The molecule has 34 heavy (non-hydrogen) atoms. The molecule has 0 aromatic heterocycles.